The summed E-state index contributed by atoms with van der Waals surface area (Å²) in [7, 11) is -1.36. The van der Waals surface area contributed by atoms with Gasteiger partial charge in [-0.2, -0.15) is 0 Å². The Morgan fingerprint density at radius 2 is 1.55 bits per heavy atom. The fourth-order valence-corrected chi connectivity index (χ4v) is 6.89. The minimum absolute atomic E-state index is 0. The first-order valence-electron chi connectivity index (χ1n) is 14.7. The topological polar surface area (TPSA) is 38.9 Å². The number of benzene rings is 3. The van der Waals surface area contributed by atoms with Gasteiger partial charge in [-0.1, -0.05) is 90.9 Å². The first-order chi connectivity index (χ1) is 20.0. The summed E-state index contributed by atoms with van der Waals surface area (Å²) in [6.07, 6.45) is 10.6. The number of nitrogens with zero attached hydrogens (tertiary/aromatic N) is 2. The molecule has 0 amide bonds. The predicted octanol–water partition coefficient (Wildman–Crippen LogP) is 9.59. The van der Waals surface area contributed by atoms with Gasteiger partial charge in [-0.25, -0.2) is 0 Å². The second-order valence-electron chi connectivity index (χ2n) is 12.0. The Hall–Kier alpha value is -3.37. The van der Waals surface area contributed by atoms with Crippen molar-refractivity contribution in [3.63, 3.8) is 0 Å². The van der Waals surface area contributed by atoms with Crippen LogP contribution in [0.5, 0.6) is 0 Å². The molecule has 3 heterocycles. The second kappa shape index (κ2) is 13.3. The maximum Gasteiger partial charge on any atom is 0.120 e. The van der Waals surface area contributed by atoms with Gasteiger partial charge in [-0.05, 0) is 48.3 Å². The number of hydrogen-bond donors (Lipinski definition) is 0. The average Bonchev–Trinajstić information content (AvgIpc) is 3.41. The van der Waals surface area contributed by atoms with Crippen LogP contribution in [-0.4, -0.2) is 18.0 Å². The fraction of sp³-hybridized carbons (Fsp3) is 0.243. The first kappa shape index (κ1) is 30.1. The zero-order valence-corrected chi connectivity index (χ0v) is 27.9. The molecule has 215 valence electrons. The maximum atomic E-state index is 6.22. The van der Waals surface area contributed by atoms with Crippen molar-refractivity contribution in [2.45, 2.75) is 57.7 Å². The third-order valence-electron chi connectivity index (χ3n) is 8.07. The van der Waals surface area contributed by atoms with Gasteiger partial charge >= 0.3 is 0 Å². The molecule has 7 rings (SSSR count). The summed E-state index contributed by atoms with van der Waals surface area (Å²) in [5, 5.41) is 3.70. The van der Waals surface area contributed by atoms with Crippen molar-refractivity contribution in [3.05, 3.63) is 115 Å². The molecule has 0 aliphatic heterocycles. The Morgan fingerprint density at radius 3 is 2.29 bits per heavy atom. The molecule has 0 spiro atoms. The SMILES string of the molecule is C[Si](C)(C)c1ccc2c(c1)oc1c(-c3ccccn3)[c-]ccc12.[Ir].[c-]1ccccc1-c1cc(C2CCCCC2)ccn1. The van der Waals surface area contributed by atoms with Crippen molar-refractivity contribution in [3.8, 4) is 22.5 Å². The van der Waals surface area contributed by atoms with Crippen LogP contribution in [0.15, 0.2) is 102 Å². The molecule has 1 fully saturated rings. The molecule has 1 aliphatic rings. The van der Waals surface area contributed by atoms with Crippen LogP contribution >= 0.6 is 0 Å². The molecule has 3 aromatic heterocycles. The molecule has 3 nitrogen and oxygen atoms in total. The predicted molar refractivity (Wildman–Crippen MR) is 173 cm³/mol. The van der Waals surface area contributed by atoms with E-state index in [2.05, 4.69) is 84.2 Å². The van der Waals surface area contributed by atoms with Gasteiger partial charge in [-0.3, -0.25) is 0 Å². The molecule has 0 saturated heterocycles. The van der Waals surface area contributed by atoms with Crippen molar-refractivity contribution >= 4 is 35.2 Å². The van der Waals surface area contributed by atoms with Crippen molar-refractivity contribution in [2.75, 3.05) is 0 Å². The van der Waals surface area contributed by atoms with Crippen molar-refractivity contribution in [1.82, 2.24) is 9.97 Å². The number of aromatic nitrogens is 2. The summed E-state index contributed by atoms with van der Waals surface area (Å²) < 4.78 is 6.22. The maximum absolute atomic E-state index is 6.22. The number of fused-ring (bicyclic) bond motifs is 3. The molecule has 3 aromatic carbocycles. The van der Waals surface area contributed by atoms with E-state index in [9.17, 15) is 0 Å². The molecular weight excluding hydrogens is 709 g/mol. The molecule has 0 N–H and O–H groups in total. The Bertz CT molecular complexity index is 1750. The Labute approximate surface area is 263 Å². The molecule has 0 atom stereocenters. The zero-order valence-electron chi connectivity index (χ0n) is 24.5. The third kappa shape index (κ3) is 6.65. The Balaban J connectivity index is 0.000000169. The minimum atomic E-state index is -1.36. The van der Waals surface area contributed by atoms with Gasteiger partial charge in [-0.15, -0.1) is 54.1 Å². The number of hydrogen-bond acceptors (Lipinski definition) is 3. The van der Waals surface area contributed by atoms with Crippen LogP contribution in [0.4, 0.5) is 0 Å². The number of furan rings is 1. The van der Waals surface area contributed by atoms with Crippen LogP contribution in [0, 0.1) is 12.1 Å². The first-order valence-corrected chi connectivity index (χ1v) is 18.2. The van der Waals surface area contributed by atoms with Crippen molar-refractivity contribution in [2.24, 2.45) is 0 Å². The van der Waals surface area contributed by atoms with E-state index in [4.69, 9.17) is 4.42 Å². The molecule has 1 radical (unpaired) electrons. The van der Waals surface area contributed by atoms with Gasteiger partial charge < -0.3 is 14.4 Å². The van der Waals surface area contributed by atoms with Crippen LogP contribution in [-0.2, 0) is 20.1 Å². The summed E-state index contributed by atoms with van der Waals surface area (Å²) in [4.78, 5) is 8.91. The largest absolute Gasteiger partial charge is 0.501 e. The zero-order chi connectivity index (χ0) is 28.2. The summed E-state index contributed by atoms with van der Waals surface area (Å²) in [5.74, 6) is 0.740. The average molecular weight is 745 g/mol. The molecule has 1 aliphatic carbocycles. The smallest absolute Gasteiger partial charge is 0.120 e. The molecule has 42 heavy (non-hydrogen) atoms. The Morgan fingerprint density at radius 1 is 0.738 bits per heavy atom. The molecule has 0 bridgehead atoms. The van der Waals surface area contributed by atoms with E-state index in [1.54, 1.807) is 6.20 Å². The van der Waals surface area contributed by atoms with Crippen LogP contribution < -0.4 is 5.19 Å². The molecule has 0 unspecified atom stereocenters. The normalized spacial score (nSPS) is 13.8. The minimum Gasteiger partial charge on any atom is -0.501 e. The standard InChI is InChI=1S/C20H18NOSi.C17H18N.Ir/c1-23(2,3)14-10-11-15-16-7-6-8-17(18-9-4-5-12-21-18)20(16)22-19(15)13-14;1-3-7-14(8-4-1)16-11-12-18-17(13-16)15-9-5-2-6-10-15;/h4-7,9-13H,1-3H3;2,5-6,9,11-14H,1,3-4,7-8H2;/q2*-1;. The van der Waals surface area contributed by atoms with Gasteiger partial charge in [0, 0.05) is 37.9 Å². The van der Waals surface area contributed by atoms with Gasteiger partial charge in [0.25, 0.3) is 0 Å². The van der Waals surface area contributed by atoms with Crippen LogP contribution in [0.3, 0.4) is 0 Å². The van der Waals surface area contributed by atoms with Crippen molar-refractivity contribution in [1.29, 1.82) is 0 Å². The number of pyridine rings is 2. The van der Waals surface area contributed by atoms with E-state index in [1.807, 2.05) is 48.7 Å². The van der Waals surface area contributed by atoms with Gasteiger partial charge in [0.1, 0.15) is 5.58 Å². The summed E-state index contributed by atoms with van der Waals surface area (Å²) in [6, 6.07) is 35.6. The summed E-state index contributed by atoms with van der Waals surface area (Å²) in [6.45, 7) is 7.05. The fourth-order valence-electron chi connectivity index (χ4n) is 5.75. The van der Waals surface area contributed by atoms with Crippen LogP contribution in [0.25, 0.3) is 44.5 Å². The monoisotopic (exact) mass is 745 g/mol. The van der Waals surface area contributed by atoms with E-state index >= 15 is 0 Å². The summed E-state index contributed by atoms with van der Waals surface area (Å²) in [5.41, 5.74) is 7.24. The van der Waals surface area contributed by atoms with Gasteiger partial charge in [0.2, 0.25) is 0 Å². The Kier molecular flexibility index (Phi) is 9.52. The number of rotatable bonds is 4. The second-order valence-corrected chi connectivity index (χ2v) is 17.0. The van der Waals surface area contributed by atoms with Crippen LogP contribution in [0.1, 0.15) is 43.6 Å². The van der Waals surface area contributed by atoms with E-state index in [-0.39, 0.29) is 20.1 Å². The van der Waals surface area contributed by atoms with E-state index in [0.717, 1.165) is 50.4 Å². The van der Waals surface area contributed by atoms with E-state index < -0.39 is 8.07 Å². The molecule has 5 heteroatoms. The molecular formula is C37H36IrN2OSi-2. The van der Waals surface area contributed by atoms with Crippen molar-refractivity contribution < 1.29 is 24.5 Å². The van der Waals surface area contributed by atoms with E-state index in [0.29, 0.717) is 0 Å². The van der Waals surface area contributed by atoms with Gasteiger partial charge in [0.05, 0.1) is 13.7 Å². The van der Waals surface area contributed by atoms with E-state index in [1.165, 1.54) is 42.9 Å². The van der Waals surface area contributed by atoms with Gasteiger partial charge in [0.15, 0.2) is 0 Å². The third-order valence-corrected chi connectivity index (χ3v) is 10.1. The molecule has 6 aromatic rings. The summed E-state index contributed by atoms with van der Waals surface area (Å²) >= 11 is 0. The molecule has 1 saturated carbocycles. The quantitative estimate of drug-likeness (QED) is 0.133. The van der Waals surface area contributed by atoms with Crippen LogP contribution in [0.2, 0.25) is 19.6 Å².